The Morgan fingerprint density at radius 3 is 2.35 bits per heavy atom. The van der Waals surface area contributed by atoms with E-state index < -0.39 is 12.6 Å². The van der Waals surface area contributed by atoms with Crippen molar-refractivity contribution >= 4 is 11.4 Å². The molecule has 2 N–H and O–H groups in total. The van der Waals surface area contributed by atoms with Gasteiger partial charge in [-0.15, -0.1) is 0 Å². The fourth-order valence-electron chi connectivity index (χ4n) is 2.89. The fourth-order valence-corrected chi connectivity index (χ4v) is 2.89. The predicted octanol–water partition coefficient (Wildman–Crippen LogP) is 4.36. The highest BCUT2D eigenvalue weighted by molar-refractivity contribution is 5.67. The zero-order valence-electron chi connectivity index (χ0n) is 11.5. The van der Waals surface area contributed by atoms with E-state index in [9.17, 15) is 13.2 Å². The molecule has 0 radical (unpaired) electrons. The van der Waals surface area contributed by atoms with Crippen molar-refractivity contribution in [3.63, 3.8) is 0 Å². The lowest BCUT2D eigenvalue weighted by atomic mass is 9.93. The third-order valence-electron chi connectivity index (χ3n) is 3.90. The van der Waals surface area contributed by atoms with E-state index in [0.29, 0.717) is 5.69 Å². The molecular formula is C15H21F3N2. The van der Waals surface area contributed by atoms with E-state index in [1.165, 1.54) is 6.42 Å². The number of hydrogen-bond acceptors (Lipinski definition) is 2. The van der Waals surface area contributed by atoms with Crippen LogP contribution in [-0.2, 0) is 0 Å². The lowest BCUT2D eigenvalue weighted by Crippen LogP contribution is -2.39. The van der Waals surface area contributed by atoms with Gasteiger partial charge < -0.3 is 10.6 Å². The first-order valence-corrected chi connectivity index (χ1v) is 7.15. The molecule has 112 valence electrons. The van der Waals surface area contributed by atoms with Crippen molar-refractivity contribution in [3.05, 3.63) is 24.3 Å². The van der Waals surface area contributed by atoms with Crippen molar-refractivity contribution in [1.29, 1.82) is 0 Å². The summed E-state index contributed by atoms with van der Waals surface area (Å²) in [7, 11) is 0. The van der Waals surface area contributed by atoms with Crippen LogP contribution in [0.4, 0.5) is 24.5 Å². The molecule has 1 aromatic rings. The van der Waals surface area contributed by atoms with Crippen LogP contribution in [0.3, 0.4) is 0 Å². The van der Waals surface area contributed by atoms with Crippen LogP contribution < -0.4 is 10.6 Å². The summed E-state index contributed by atoms with van der Waals surface area (Å²) in [6, 6.07) is 7.38. The maximum absolute atomic E-state index is 12.5. The van der Waals surface area contributed by atoms with Gasteiger partial charge in [-0.3, -0.25) is 0 Å². The second-order valence-electron chi connectivity index (χ2n) is 5.41. The number of benzene rings is 1. The minimum absolute atomic E-state index is 0.0115. The molecule has 1 aromatic carbocycles. The Labute approximate surface area is 117 Å². The average Bonchev–Trinajstić information content (AvgIpc) is 2.41. The third-order valence-corrected chi connectivity index (χ3v) is 3.90. The Bertz CT molecular complexity index is 425. The van der Waals surface area contributed by atoms with Crippen LogP contribution >= 0.6 is 0 Å². The van der Waals surface area contributed by atoms with Crippen molar-refractivity contribution in [2.45, 2.75) is 50.7 Å². The van der Waals surface area contributed by atoms with Gasteiger partial charge in [-0.1, -0.05) is 31.4 Å². The topological polar surface area (TPSA) is 29.3 Å². The maximum Gasteiger partial charge on any atom is 0.390 e. The van der Waals surface area contributed by atoms with Crippen molar-refractivity contribution in [3.8, 4) is 0 Å². The monoisotopic (exact) mass is 286 g/mol. The normalized spacial score (nSPS) is 17.1. The fraction of sp³-hybridized carbons (Fsp3) is 0.600. The predicted molar refractivity (Wildman–Crippen MR) is 75.7 cm³/mol. The zero-order chi connectivity index (χ0) is 14.6. The Hall–Kier alpha value is -1.39. The molecule has 1 fully saturated rings. The van der Waals surface area contributed by atoms with Crippen molar-refractivity contribution < 1.29 is 13.2 Å². The van der Waals surface area contributed by atoms with Crippen molar-refractivity contribution in [1.82, 2.24) is 0 Å². The summed E-state index contributed by atoms with van der Waals surface area (Å²) in [6.45, 7) is -0.0115. The van der Waals surface area contributed by atoms with Gasteiger partial charge in [-0.25, -0.2) is 0 Å². The first kappa shape index (κ1) is 15.0. The van der Waals surface area contributed by atoms with Crippen LogP contribution in [0.5, 0.6) is 0 Å². The highest BCUT2D eigenvalue weighted by atomic mass is 19.4. The molecule has 0 saturated heterocycles. The molecular weight excluding hydrogens is 265 g/mol. The van der Waals surface area contributed by atoms with Gasteiger partial charge in [-0.2, -0.15) is 13.2 Å². The Kier molecular flexibility index (Phi) is 4.78. The van der Waals surface area contributed by atoms with Gasteiger partial charge in [0, 0.05) is 12.6 Å². The van der Waals surface area contributed by atoms with E-state index in [0.717, 1.165) is 31.4 Å². The zero-order valence-corrected chi connectivity index (χ0v) is 11.5. The molecule has 2 nitrogen and oxygen atoms in total. The third kappa shape index (κ3) is 4.05. The molecule has 0 unspecified atom stereocenters. The molecule has 0 atom stereocenters. The summed E-state index contributed by atoms with van der Waals surface area (Å²) in [5, 5.41) is 0. The number of rotatable bonds is 4. The molecule has 1 aliphatic rings. The van der Waals surface area contributed by atoms with Crippen molar-refractivity contribution in [2.24, 2.45) is 0 Å². The molecule has 0 amide bonds. The maximum atomic E-state index is 12.5. The van der Waals surface area contributed by atoms with Gasteiger partial charge in [0.05, 0.1) is 17.8 Å². The van der Waals surface area contributed by atoms with Crippen LogP contribution in [-0.4, -0.2) is 18.8 Å². The van der Waals surface area contributed by atoms with E-state index in [2.05, 4.69) is 0 Å². The van der Waals surface area contributed by atoms with E-state index >= 15 is 0 Å². The van der Waals surface area contributed by atoms with Crippen LogP contribution in [0.15, 0.2) is 24.3 Å². The quantitative estimate of drug-likeness (QED) is 0.833. The highest BCUT2D eigenvalue weighted by Gasteiger charge is 2.30. The smallest absolute Gasteiger partial charge is 0.390 e. The molecule has 1 saturated carbocycles. The lowest BCUT2D eigenvalue weighted by molar-refractivity contribution is -0.132. The summed E-state index contributed by atoms with van der Waals surface area (Å²) >= 11 is 0. The largest absolute Gasteiger partial charge is 0.397 e. The second-order valence-corrected chi connectivity index (χ2v) is 5.41. The van der Waals surface area contributed by atoms with Gasteiger partial charge in [0.2, 0.25) is 0 Å². The Morgan fingerprint density at radius 2 is 1.75 bits per heavy atom. The SMILES string of the molecule is Nc1ccccc1N(CCC(F)(F)F)C1CCCCC1. The van der Waals surface area contributed by atoms with Crippen LogP contribution in [0.25, 0.3) is 0 Å². The van der Waals surface area contributed by atoms with Gasteiger partial charge in [0.25, 0.3) is 0 Å². The molecule has 20 heavy (non-hydrogen) atoms. The molecule has 0 spiro atoms. The first-order valence-electron chi connectivity index (χ1n) is 7.15. The van der Waals surface area contributed by atoms with Crippen molar-refractivity contribution in [2.75, 3.05) is 17.2 Å². The number of nitrogen functional groups attached to an aromatic ring is 1. The number of nitrogens with two attached hydrogens (primary N) is 1. The number of para-hydroxylation sites is 2. The first-order chi connectivity index (χ1) is 9.47. The molecule has 5 heteroatoms. The number of hydrogen-bond donors (Lipinski definition) is 1. The van der Waals surface area contributed by atoms with Crippen LogP contribution in [0.2, 0.25) is 0 Å². The summed E-state index contributed by atoms with van der Waals surface area (Å²) < 4.78 is 37.6. The second kappa shape index (κ2) is 6.37. The molecule has 0 aromatic heterocycles. The summed E-state index contributed by atoms with van der Waals surface area (Å²) in [4.78, 5) is 1.86. The van der Waals surface area contributed by atoms with Gasteiger partial charge in [-0.05, 0) is 25.0 Å². The Balaban J connectivity index is 2.17. The molecule has 2 rings (SSSR count). The average molecular weight is 286 g/mol. The lowest BCUT2D eigenvalue weighted by Gasteiger charge is -2.37. The van der Waals surface area contributed by atoms with E-state index in [4.69, 9.17) is 5.73 Å². The summed E-state index contributed by atoms with van der Waals surface area (Å²) in [5.41, 5.74) is 7.24. The minimum atomic E-state index is -4.13. The van der Waals surface area contributed by atoms with Gasteiger partial charge in [0.15, 0.2) is 0 Å². The number of nitrogens with zero attached hydrogens (tertiary/aromatic N) is 1. The van der Waals surface area contributed by atoms with E-state index in [-0.39, 0.29) is 12.6 Å². The van der Waals surface area contributed by atoms with Crippen LogP contribution in [0.1, 0.15) is 38.5 Å². The van der Waals surface area contributed by atoms with Gasteiger partial charge >= 0.3 is 6.18 Å². The van der Waals surface area contributed by atoms with E-state index in [1.807, 2.05) is 23.1 Å². The standard InChI is InChI=1S/C15H21F3N2/c16-15(17,18)10-11-20(12-6-2-1-3-7-12)14-9-5-4-8-13(14)19/h4-5,8-9,12H,1-3,6-7,10-11,19H2. The molecule has 0 bridgehead atoms. The van der Waals surface area contributed by atoms with E-state index in [1.54, 1.807) is 6.07 Å². The van der Waals surface area contributed by atoms with Gasteiger partial charge in [0.1, 0.15) is 0 Å². The Morgan fingerprint density at radius 1 is 1.10 bits per heavy atom. The van der Waals surface area contributed by atoms with Crippen LogP contribution in [0, 0.1) is 0 Å². The number of anilines is 2. The summed E-state index contributed by atoms with van der Waals surface area (Å²) in [5.74, 6) is 0. The number of alkyl halides is 3. The highest BCUT2D eigenvalue weighted by Crippen LogP contribution is 2.32. The summed E-state index contributed by atoms with van der Waals surface area (Å²) in [6.07, 6.45) is 0.320. The molecule has 1 aliphatic carbocycles. The number of halogens is 3. The molecule has 0 heterocycles. The minimum Gasteiger partial charge on any atom is -0.397 e. The molecule has 0 aliphatic heterocycles.